The molecule has 3 heterocycles. The minimum absolute atomic E-state index is 0.983. The van der Waals surface area contributed by atoms with Gasteiger partial charge in [0.1, 0.15) is 0 Å². The van der Waals surface area contributed by atoms with E-state index in [0.717, 1.165) is 19.5 Å². The van der Waals surface area contributed by atoms with E-state index in [2.05, 4.69) is 21.4 Å². The summed E-state index contributed by atoms with van der Waals surface area (Å²) in [4.78, 5) is 7.51. The molecule has 2 aromatic rings. The Labute approximate surface area is 88.6 Å². The van der Waals surface area contributed by atoms with Crippen LogP contribution >= 0.6 is 0 Å². The first kappa shape index (κ1) is 8.68. The molecule has 0 bridgehead atoms. The van der Waals surface area contributed by atoms with Crippen LogP contribution in [-0.4, -0.2) is 16.5 Å². The van der Waals surface area contributed by atoms with Crippen LogP contribution in [0, 0.1) is 0 Å². The molecule has 0 aromatic carbocycles. The van der Waals surface area contributed by atoms with Crippen LogP contribution in [0.1, 0.15) is 11.3 Å². The van der Waals surface area contributed by atoms with Crippen molar-refractivity contribution in [1.82, 2.24) is 15.3 Å². The summed E-state index contributed by atoms with van der Waals surface area (Å²) in [6.07, 6.45) is 4.75. The lowest BCUT2D eigenvalue weighted by Gasteiger charge is -2.11. The first-order chi connectivity index (χ1) is 7.43. The maximum Gasteiger partial charge on any atom is 0.0460 e. The van der Waals surface area contributed by atoms with Crippen molar-refractivity contribution < 1.29 is 0 Å². The highest BCUT2D eigenvalue weighted by Crippen LogP contribution is 2.22. The number of nitrogens with one attached hydrogen (secondary N) is 2. The number of rotatable bonds is 1. The molecule has 2 N–H and O–H groups in total. The molecule has 0 saturated carbocycles. The fourth-order valence-corrected chi connectivity index (χ4v) is 2.04. The molecule has 15 heavy (non-hydrogen) atoms. The van der Waals surface area contributed by atoms with Crippen molar-refractivity contribution in [3.05, 3.63) is 41.9 Å². The van der Waals surface area contributed by atoms with E-state index in [9.17, 15) is 0 Å². The summed E-state index contributed by atoms with van der Waals surface area (Å²) in [5, 5.41) is 3.37. The van der Waals surface area contributed by atoms with Crippen molar-refractivity contribution in [3.8, 4) is 11.3 Å². The first-order valence-corrected chi connectivity index (χ1v) is 5.25. The van der Waals surface area contributed by atoms with Gasteiger partial charge in [-0.2, -0.15) is 0 Å². The van der Waals surface area contributed by atoms with Gasteiger partial charge in [-0.3, -0.25) is 4.98 Å². The molecule has 2 aromatic heterocycles. The normalized spacial score (nSPS) is 14.9. The highest BCUT2D eigenvalue weighted by atomic mass is 14.9. The summed E-state index contributed by atoms with van der Waals surface area (Å²) in [5.74, 6) is 0. The molecule has 76 valence electrons. The van der Waals surface area contributed by atoms with Gasteiger partial charge in [0.25, 0.3) is 0 Å². The molecule has 0 spiro atoms. The fraction of sp³-hybridized carbons (Fsp3) is 0.250. The van der Waals surface area contributed by atoms with E-state index in [-0.39, 0.29) is 0 Å². The zero-order valence-electron chi connectivity index (χ0n) is 8.46. The highest BCUT2D eigenvalue weighted by molar-refractivity contribution is 5.60. The van der Waals surface area contributed by atoms with Crippen molar-refractivity contribution in [2.24, 2.45) is 0 Å². The average Bonchev–Trinajstić information content (AvgIpc) is 2.74. The van der Waals surface area contributed by atoms with Crippen LogP contribution in [0.4, 0.5) is 0 Å². The maximum atomic E-state index is 4.03. The van der Waals surface area contributed by atoms with Crippen molar-refractivity contribution in [2.45, 2.75) is 13.0 Å². The van der Waals surface area contributed by atoms with E-state index >= 15 is 0 Å². The highest BCUT2D eigenvalue weighted by Gasteiger charge is 2.12. The largest absolute Gasteiger partial charge is 0.358 e. The zero-order chi connectivity index (χ0) is 10.1. The predicted octanol–water partition coefficient (Wildman–Crippen LogP) is 1.72. The van der Waals surface area contributed by atoms with Gasteiger partial charge in [0, 0.05) is 48.9 Å². The van der Waals surface area contributed by atoms with Gasteiger partial charge in [-0.25, -0.2) is 0 Å². The molecule has 0 atom stereocenters. The van der Waals surface area contributed by atoms with Crippen LogP contribution in [0.3, 0.4) is 0 Å². The van der Waals surface area contributed by atoms with Crippen LogP contribution in [0.2, 0.25) is 0 Å². The van der Waals surface area contributed by atoms with Gasteiger partial charge in [-0.05, 0) is 23.8 Å². The van der Waals surface area contributed by atoms with Crippen LogP contribution in [0.15, 0.2) is 30.6 Å². The molecular formula is C12H13N3. The van der Waals surface area contributed by atoms with E-state index in [1.54, 1.807) is 0 Å². The maximum absolute atomic E-state index is 4.03. The van der Waals surface area contributed by atoms with Gasteiger partial charge in [0.15, 0.2) is 0 Å². The average molecular weight is 199 g/mol. The summed E-state index contributed by atoms with van der Waals surface area (Å²) in [6, 6.07) is 6.30. The second-order valence-electron chi connectivity index (χ2n) is 3.85. The zero-order valence-corrected chi connectivity index (χ0v) is 8.46. The van der Waals surface area contributed by atoms with Gasteiger partial charge < -0.3 is 10.3 Å². The van der Waals surface area contributed by atoms with E-state index in [0.29, 0.717) is 0 Å². The number of aromatic amines is 1. The molecule has 0 unspecified atom stereocenters. The lowest BCUT2D eigenvalue weighted by molar-refractivity contribution is 0.638. The Balaban J connectivity index is 2.03. The van der Waals surface area contributed by atoms with Gasteiger partial charge in [-0.15, -0.1) is 0 Å². The van der Waals surface area contributed by atoms with E-state index in [1.807, 2.05) is 24.5 Å². The van der Waals surface area contributed by atoms with Crippen molar-refractivity contribution >= 4 is 0 Å². The molecule has 0 amide bonds. The van der Waals surface area contributed by atoms with Crippen molar-refractivity contribution in [3.63, 3.8) is 0 Å². The lowest BCUT2D eigenvalue weighted by atomic mass is 10.1. The number of H-pyrrole nitrogens is 1. The van der Waals surface area contributed by atoms with Crippen molar-refractivity contribution in [2.75, 3.05) is 6.54 Å². The topological polar surface area (TPSA) is 40.7 Å². The Hall–Kier alpha value is -1.61. The number of hydrogen-bond acceptors (Lipinski definition) is 2. The number of aromatic nitrogens is 2. The third kappa shape index (κ3) is 1.55. The predicted molar refractivity (Wildman–Crippen MR) is 59.4 cm³/mol. The molecule has 0 radical (unpaired) electrons. The summed E-state index contributed by atoms with van der Waals surface area (Å²) < 4.78 is 0. The van der Waals surface area contributed by atoms with Gasteiger partial charge in [0.05, 0.1) is 0 Å². The summed E-state index contributed by atoms with van der Waals surface area (Å²) in [5.41, 5.74) is 5.18. The number of pyridine rings is 1. The minimum Gasteiger partial charge on any atom is -0.358 e. The first-order valence-electron chi connectivity index (χ1n) is 5.25. The molecule has 0 fully saturated rings. The second kappa shape index (κ2) is 3.51. The van der Waals surface area contributed by atoms with Gasteiger partial charge >= 0.3 is 0 Å². The molecule has 3 nitrogen and oxygen atoms in total. The lowest BCUT2D eigenvalue weighted by Crippen LogP contribution is -2.22. The van der Waals surface area contributed by atoms with Crippen LogP contribution in [0.25, 0.3) is 11.3 Å². The Morgan fingerprint density at radius 1 is 1.20 bits per heavy atom. The summed E-state index contributed by atoms with van der Waals surface area (Å²) in [7, 11) is 0. The Morgan fingerprint density at radius 3 is 2.87 bits per heavy atom. The third-order valence-corrected chi connectivity index (χ3v) is 2.85. The molecular weight excluding hydrogens is 186 g/mol. The SMILES string of the molecule is c1cc(-c2cc3c([nH]2)CCNC3)ccn1. The second-order valence-corrected chi connectivity index (χ2v) is 3.85. The van der Waals surface area contributed by atoms with Crippen LogP contribution in [0.5, 0.6) is 0 Å². The van der Waals surface area contributed by atoms with Crippen molar-refractivity contribution in [1.29, 1.82) is 0 Å². The summed E-state index contributed by atoms with van der Waals surface area (Å²) in [6.45, 7) is 2.06. The van der Waals surface area contributed by atoms with E-state index in [4.69, 9.17) is 0 Å². The van der Waals surface area contributed by atoms with E-state index in [1.165, 1.54) is 22.5 Å². The van der Waals surface area contributed by atoms with Gasteiger partial charge in [0.2, 0.25) is 0 Å². The number of fused-ring (bicyclic) bond motifs is 1. The standard InChI is InChI=1S/C12H13N3/c1-4-13-5-2-9(1)12-7-10-8-14-6-3-11(10)15-12/h1-2,4-5,7,14-15H,3,6,8H2. The van der Waals surface area contributed by atoms with Crippen LogP contribution < -0.4 is 5.32 Å². The smallest absolute Gasteiger partial charge is 0.0460 e. The Morgan fingerprint density at radius 2 is 2.07 bits per heavy atom. The third-order valence-electron chi connectivity index (χ3n) is 2.85. The fourth-order valence-electron chi connectivity index (χ4n) is 2.04. The minimum atomic E-state index is 0.983. The molecule has 1 aliphatic heterocycles. The monoisotopic (exact) mass is 199 g/mol. The molecule has 0 saturated heterocycles. The molecule has 3 rings (SSSR count). The van der Waals surface area contributed by atoms with Crippen LogP contribution in [-0.2, 0) is 13.0 Å². The Bertz CT molecular complexity index is 435. The quantitative estimate of drug-likeness (QED) is 0.734. The molecule has 0 aliphatic carbocycles. The number of hydrogen-bond donors (Lipinski definition) is 2. The summed E-state index contributed by atoms with van der Waals surface area (Å²) >= 11 is 0. The molecule has 1 aliphatic rings. The molecule has 3 heteroatoms. The number of nitrogens with zero attached hydrogens (tertiary/aromatic N) is 1. The Kier molecular flexibility index (Phi) is 2.03. The van der Waals surface area contributed by atoms with Gasteiger partial charge in [-0.1, -0.05) is 0 Å². The van der Waals surface area contributed by atoms with E-state index < -0.39 is 0 Å².